The van der Waals surface area contributed by atoms with E-state index in [1.807, 2.05) is 54.0 Å². The molecule has 2 aromatic heterocycles. The second kappa shape index (κ2) is 10.2. The van der Waals surface area contributed by atoms with Gasteiger partial charge in [0.15, 0.2) is 11.0 Å². The summed E-state index contributed by atoms with van der Waals surface area (Å²) in [6.07, 6.45) is 3.46. The van der Waals surface area contributed by atoms with Crippen molar-refractivity contribution in [3.63, 3.8) is 0 Å². The third-order valence-electron chi connectivity index (χ3n) is 4.85. The maximum atomic E-state index is 13.1. The first kappa shape index (κ1) is 21.7. The molecule has 0 saturated heterocycles. The number of nitrogens with zero attached hydrogens (tertiary/aromatic N) is 4. The smallest absolute Gasteiger partial charge is 0.233 e. The van der Waals surface area contributed by atoms with Gasteiger partial charge in [0.2, 0.25) is 5.91 Å². The number of aromatic nitrogens is 4. The second-order valence-corrected chi connectivity index (χ2v) is 8.53. The van der Waals surface area contributed by atoms with Crippen LogP contribution in [0, 0.1) is 5.82 Å². The summed E-state index contributed by atoms with van der Waals surface area (Å²) >= 11 is 1.35. The highest BCUT2D eigenvalue weighted by Crippen LogP contribution is 2.27. The summed E-state index contributed by atoms with van der Waals surface area (Å²) in [5.41, 5.74) is 2.80. The van der Waals surface area contributed by atoms with Crippen molar-refractivity contribution in [3.8, 4) is 11.4 Å². The molecule has 1 atom stereocenters. The second-order valence-electron chi connectivity index (χ2n) is 7.22. The van der Waals surface area contributed by atoms with Crippen molar-refractivity contribution < 1.29 is 9.18 Å². The summed E-state index contributed by atoms with van der Waals surface area (Å²) in [7, 11) is 0. The highest BCUT2D eigenvalue weighted by molar-refractivity contribution is 8.00. The van der Waals surface area contributed by atoms with Crippen molar-refractivity contribution >= 4 is 17.7 Å². The predicted molar refractivity (Wildman–Crippen MR) is 122 cm³/mol. The van der Waals surface area contributed by atoms with Gasteiger partial charge in [-0.05, 0) is 42.3 Å². The lowest BCUT2D eigenvalue weighted by atomic mass is 10.2. The van der Waals surface area contributed by atoms with Gasteiger partial charge in [0.1, 0.15) is 5.82 Å². The summed E-state index contributed by atoms with van der Waals surface area (Å²) in [6.45, 7) is 2.74. The summed E-state index contributed by atoms with van der Waals surface area (Å²) in [4.78, 5) is 16.9. The first-order chi connectivity index (χ1) is 15.6. The molecule has 32 heavy (non-hydrogen) atoms. The van der Waals surface area contributed by atoms with Crippen LogP contribution in [0.1, 0.15) is 18.1 Å². The van der Waals surface area contributed by atoms with Gasteiger partial charge >= 0.3 is 0 Å². The SMILES string of the molecule is CC(Sc1nnc(-c2cccnc2)n1Cc1ccccc1)C(=O)NCc1ccc(F)cc1. The molecule has 4 rings (SSSR count). The fourth-order valence-electron chi connectivity index (χ4n) is 3.14. The molecule has 0 aliphatic carbocycles. The van der Waals surface area contributed by atoms with Crippen molar-refractivity contribution in [1.29, 1.82) is 0 Å². The number of hydrogen-bond donors (Lipinski definition) is 1. The predicted octanol–water partition coefficient (Wildman–Crippen LogP) is 4.32. The van der Waals surface area contributed by atoms with Crippen LogP contribution in [0.4, 0.5) is 4.39 Å². The highest BCUT2D eigenvalue weighted by Gasteiger charge is 2.21. The molecule has 0 saturated carbocycles. The van der Waals surface area contributed by atoms with Crippen LogP contribution in [0.5, 0.6) is 0 Å². The maximum Gasteiger partial charge on any atom is 0.233 e. The standard InChI is InChI=1S/C24H22FN5OS/c1-17(23(31)27-14-18-9-11-21(25)12-10-18)32-24-29-28-22(20-8-5-13-26-15-20)30(24)16-19-6-3-2-4-7-19/h2-13,15,17H,14,16H2,1H3,(H,27,31). The Labute approximate surface area is 189 Å². The third-order valence-corrected chi connectivity index (χ3v) is 5.93. The molecular weight excluding hydrogens is 425 g/mol. The van der Waals surface area contributed by atoms with Crippen LogP contribution < -0.4 is 5.32 Å². The highest BCUT2D eigenvalue weighted by atomic mass is 32.2. The van der Waals surface area contributed by atoms with Gasteiger partial charge in [-0.3, -0.25) is 14.3 Å². The largest absolute Gasteiger partial charge is 0.351 e. The van der Waals surface area contributed by atoms with Gasteiger partial charge in [0.25, 0.3) is 0 Å². The van der Waals surface area contributed by atoms with Gasteiger partial charge in [-0.1, -0.05) is 54.2 Å². The molecule has 0 bridgehead atoms. The van der Waals surface area contributed by atoms with Crippen LogP contribution in [-0.4, -0.2) is 30.9 Å². The molecule has 8 heteroatoms. The van der Waals surface area contributed by atoms with Gasteiger partial charge in [0, 0.05) is 24.5 Å². The third kappa shape index (κ3) is 5.39. The van der Waals surface area contributed by atoms with Gasteiger partial charge in [-0.2, -0.15) is 0 Å². The molecule has 0 radical (unpaired) electrons. The van der Waals surface area contributed by atoms with Crippen molar-refractivity contribution in [2.24, 2.45) is 0 Å². The Morgan fingerprint density at radius 1 is 1.03 bits per heavy atom. The maximum absolute atomic E-state index is 13.1. The van der Waals surface area contributed by atoms with Gasteiger partial charge in [0.05, 0.1) is 11.8 Å². The molecule has 2 heterocycles. The van der Waals surface area contributed by atoms with Gasteiger partial charge in [-0.25, -0.2) is 4.39 Å². The summed E-state index contributed by atoms with van der Waals surface area (Å²) in [5.74, 6) is 0.270. The van der Waals surface area contributed by atoms with E-state index in [9.17, 15) is 9.18 Å². The lowest BCUT2D eigenvalue weighted by Gasteiger charge is -2.14. The molecule has 1 N–H and O–H groups in total. The fraction of sp³-hybridized carbons (Fsp3) is 0.167. The van der Waals surface area contributed by atoms with Crippen LogP contribution in [0.15, 0.2) is 84.3 Å². The molecule has 6 nitrogen and oxygen atoms in total. The number of halogens is 1. The van der Waals surface area contributed by atoms with E-state index in [2.05, 4.69) is 20.5 Å². The zero-order valence-electron chi connectivity index (χ0n) is 17.5. The summed E-state index contributed by atoms with van der Waals surface area (Å²) in [6, 6.07) is 19.9. The topological polar surface area (TPSA) is 72.7 Å². The van der Waals surface area contributed by atoms with Crippen LogP contribution >= 0.6 is 11.8 Å². The van der Waals surface area contributed by atoms with Crippen molar-refractivity contribution in [3.05, 3.63) is 96.1 Å². The Morgan fingerprint density at radius 3 is 2.53 bits per heavy atom. The quantitative estimate of drug-likeness (QED) is 0.407. The number of benzene rings is 2. The number of amides is 1. The van der Waals surface area contributed by atoms with Crippen molar-refractivity contribution in [1.82, 2.24) is 25.1 Å². The molecule has 2 aromatic carbocycles. The van der Waals surface area contributed by atoms with E-state index in [-0.39, 0.29) is 11.7 Å². The number of rotatable bonds is 8. The Hall–Kier alpha value is -3.52. The minimum Gasteiger partial charge on any atom is -0.351 e. The van der Waals surface area contributed by atoms with E-state index in [1.165, 1.54) is 23.9 Å². The first-order valence-electron chi connectivity index (χ1n) is 10.2. The van der Waals surface area contributed by atoms with Crippen LogP contribution in [-0.2, 0) is 17.9 Å². The Morgan fingerprint density at radius 2 is 1.81 bits per heavy atom. The van der Waals surface area contributed by atoms with E-state index in [0.717, 1.165) is 16.7 Å². The van der Waals surface area contributed by atoms with E-state index in [0.29, 0.717) is 24.1 Å². The molecule has 0 aliphatic rings. The summed E-state index contributed by atoms with van der Waals surface area (Å²) in [5, 5.41) is 11.9. The van der Waals surface area contributed by atoms with E-state index < -0.39 is 5.25 Å². The minimum absolute atomic E-state index is 0.128. The molecular formula is C24H22FN5OS. The average molecular weight is 448 g/mol. The van der Waals surface area contributed by atoms with Crippen LogP contribution in [0.2, 0.25) is 0 Å². The van der Waals surface area contributed by atoms with E-state index >= 15 is 0 Å². The number of carbonyl (C=O) groups excluding carboxylic acids is 1. The zero-order valence-corrected chi connectivity index (χ0v) is 18.3. The lowest BCUT2D eigenvalue weighted by molar-refractivity contribution is -0.120. The monoisotopic (exact) mass is 447 g/mol. The van der Waals surface area contributed by atoms with E-state index in [1.54, 1.807) is 24.5 Å². The van der Waals surface area contributed by atoms with Gasteiger partial charge in [-0.15, -0.1) is 10.2 Å². The number of carbonyl (C=O) groups is 1. The molecule has 1 unspecified atom stereocenters. The first-order valence-corrected chi connectivity index (χ1v) is 11.0. The minimum atomic E-state index is -0.393. The number of hydrogen-bond acceptors (Lipinski definition) is 5. The molecule has 162 valence electrons. The zero-order chi connectivity index (χ0) is 22.3. The number of pyridine rings is 1. The van der Waals surface area contributed by atoms with Crippen molar-refractivity contribution in [2.45, 2.75) is 30.4 Å². The van der Waals surface area contributed by atoms with Crippen molar-refractivity contribution in [2.75, 3.05) is 0 Å². The summed E-state index contributed by atoms with van der Waals surface area (Å²) < 4.78 is 15.1. The Kier molecular flexibility index (Phi) is 6.91. The van der Waals surface area contributed by atoms with Crippen LogP contribution in [0.3, 0.4) is 0 Å². The number of thioether (sulfide) groups is 1. The molecule has 0 aliphatic heterocycles. The molecule has 4 aromatic rings. The Balaban J connectivity index is 1.51. The molecule has 0 fully saturated rings. The lowest BCUT2D eigenvalue weighted by Crippen LogP contribution is -2.30. The normalized spacial score (nSPS) is 11.8. The van der Waals surface area contributed by atoms with E-state index in [4.69, 9.17) is 0 Å². The average Bonchev–Trinajstić information content (AvgIpc) is 3.21. The molecule has 1 amide bonds. The fourth-order valence-corrected chi connectivity index (χ4v) is 4.01. The van der Waals surface area contributed by atoms with Gasteiger partial charge < -0.3 is 5.32 Å². The molecule has 0 spiro atoms. The number of nitrogens with one attached hydrogen (secondary N) is 1. The Bertz CT molecular complexity index is 1170. The van der Waals surface area contributed by atoms with Crippen LogP contribution in [0.25, 0.3) is 11.4 Å².